The molecule has 0 radical (unpaired) electrons. The average Bonchev–Trinajstić information content (AvgIpc) is 2.70. The van der Waals surface area contributed by atoms with Gasteiger partial charge < -0.3 is 10.1 Å². The Kier molecular flexibility index (Phi) is 5.84. The van der Waals surface area contributed by atoms with Crippen molar-refractivity contribution in [3.8, 4) is 5.75 Å². The first-order valence-electron chi connectivity index (χ1n) is 8.63. The molecule has 150 valence electrons. The molecule has 0 atom stereocenters. The lowest BCUT2D eigenvalue weighted by atomic mass is 10.1. The largest absolute Gasteiger partial charge is 0.497 e. The molecule has 0 aliphatic carbocycles. The Morgan fingerprint density at radius 3 is 2.48 bits per heavy atom. The molecule has 29 heavy (non-hydrogen) atoms. The lowest BCUT2D eigenvalue weighted by Gasteiger charge is -2.13. The molecule has 2 N–H and O–H groups in total. The minimum Gasteiger partial charge on any atom is -0.497 e. The van der Waals surface area contributed by atoms with Crippen molar-refractivity contribution in [3.63, 3.8) is 0 Å². The zero-order valence-electron chi connectivity index (χ0n) is 15.8. The molecule has 0 unspecified atom stereocenters. The molecule has 3 aromatic carbocycles. The van der Waals surface area contributed by atoms with Gasteiger partial charge in [-0.3, -0.25) is 9.52 Å². The van der Waals surface area contributed by atoms with E-state index in [2.05, 4.69) is 10.0 Å². The van der Waals surface area contributed by atoms with Crippen LogP contribution in [0.2, 0.25) is 0 Å². The van der Waals surface area contributed by atoms with Crippen molar-refractivity contribution >= 4 is 27.3 Å². The fourth-order valence-corrected chi connectivity index (χ4v) is 3.82. The van der Waals surface area contributed by atoms with Gasteiger partial charge in [-0.25, -0.2) is 12.8 Å². The van der Waals surface area contributed by atoms with Crippen LogP contribution in [0.3, 0.4) is 0 Å². The maximum Gasteiger partial charge on any atom is 0.261 e. The normalized spacial score (nSPS) is 11.0. The monoisotopic (exact) mass is 414 g/mol. The highest BCUT2D eigenvalue weighted by Gasteiger charge is 2.19. The predicted octanol–water partition coefficient (Wildman–Crippen LogP) is 4.20. The van der Waals surface area contributed by atoms with Gasteiger partial charge in [0.15, 0.2) is 0 Å². The minimum absolute atomic E-state index is 0.0978. The lowest BCUT2D eigenvalue weighted by molar-refractivity contribution is 0.102. The van der Waals surface area contributed by atoms with E-state index in [-0.39, 0.29) is 21.7 Å². The van der Waals surface area contributed by atoms with E-state index in [0.717, 1.165) is 6.07 Å². The highest BCUT2D eigenvalue weighted by Crippen LogP contribution is 2.23. The zero-order chi connectivity index (χ0) is 21.0. The van der Waals surface area contributed by atoms with Crippen molar-refractivity contribution in [3.05, 3.63) is 83.7 Å². The summed E-state index contributed by atoms with van der Waals surface area (Å²) in [5.74, 6) is -0.419. The third kappa shape index (κ3) is 4.72. The molecule has 3 rings (SSSR count). The van der Waals surface area contributed by atoms with Crippen LogP contribution in [0, 0.1) is 12.7 Å². The number of methoxy groups -OCH3 is 1. The first kappa shape index (κ1) is 20.3. The Labute approximate surface area is 168 Å². The summed E-state index contributed by atoms with van der Waals surface area (Å²) in [6, 6.07) is 16.5. The van der Waals surface area contributed by atoms with Gasteiger partial charge in [-0.1, -0.05) is 18.2 Å². The fourth-order valence-electron chi connectivity index (χ4n) is 2.66. The van der Waals surface area contributed by atoms with Crippen LogP contribution in [0.15, 0.2) is 71.6 Å². The van der Waals surface area contributed by atoms with E-state index < -0.39 is 21.7 Å². The highest BCUT2D eigenvalue weighted by atomic mass is 32.2. The molecule has 6 nitrogen and oxygen atoms in total. The van der Waals surface area contributed by atoms with Crippen molar-refractivity contribution in [2.75, 3.05) is 17.1 Å². The van der Waals surface area contributed by atoms with Gasteiger partial charge in [0, 0.05) is 11.8 Å². The van der Waals surface area contributed by atoms with Gasteiger partial charge >= 0.3 is 0 Å². The number of carbonyl (C=O) groups excluding carboxylic acids is 1. The smallest absolute Gasteiger partial charge is 0.261 e. The molecule has 0 saturated heterocycles. The summed E-state index contributed by atoms with van der Waals surface area (Å²) in [4.78, 5) is 12.6. The van der Waals surface area contributed by atoms with Gasteiger partial charge in [0.1, 0.15) is 11.6 Å². The third-order valence-corrected chi connectivity index (χ3v) is 5.55. The number of para-hydroxylation sites is 1. The summed E-state index contributed by atoms with van der Waals surface area (Å²) >= 11 is 0. The number of ether oxygens (including phenoxy) is 1. The fraction of sp³-hybridized carbons (Fsp3) is 0.0952. The second-order valence-corrected chi connectivity index (χ2v) is 7.93. The summed E-state index contributed by atoms with van der Waals surface area (Å²) in [6.45, 7) is 1.48. The molecule has 0 aliphatic rings. The van der Waals surface area contributed by atoms with Gasteiger partial charge in [-0.2, -0.15) is 0 Å². The van der Waals surface area contributed by atoms with Gasteiger partial charge in [0.05, 0.1) is 23.3 Å². The highest BCUT2D eigenvalue weighted by molar-refractivity contribution is 7.92. The standard InChI is InChI=1S/C21H19FN2O4S/c1-14-12-17(10-11-19(14)22)29(26,27)24-20-9-4-3-8-18(20)21(25)23-15-6-5-7-16(13-15)28-2/h3-13,24H,1-2H3,(H,23,25). The van der Waals surface area contributed by atoms with Crippen molar-refractivity contribution in [1.29, 1.82) is 0 Å². The predicted molar refractivity (Wildman–Crippen MR) is 109 cm³/mol. The lowest BCUT2D eigenvalue weighted by Crippen LogP contribution is -2.18. The SMILES string of the molecule is COc1cccc(NC(=O)c2ccccc2NS(=O)(=O)c2ccc(F)c(C)c2)c1. The number of aryl methyl sites for hydroxylation is 1. The number of rotatable bonds is 6. The number of hydrogen-bond donors (Lipinski definition) is 2. The van der Waals surface area contributed by atoms with Crippen molar-refractivity contribution < 1.29 is 22.3 Å². The first-order valence-corrected chi connectivity index (χ1v) is 10.1. The van der Waals surface area contributed by atoms with Crippen LogP contribution in [0.5, 0.6) is 5.75 Å². The Morgan fingerprint density at radius 2 is 1.76 bits per heavy atom. The second-order valence-electron chi connectivity index (χ2n) is 6.25. The van der Waals surface area contributed by atoms with Gasteiger partial charge in [-0.15, -0.1) is 0 Å². The van der Waals surface area contributed by atoms with Crippen LogP contribution in [-0.4, -0.2) is 21.4 Å². The van der Waals surface area contributed by atoms with E-state index in [1.165, 1.54) is 38.3 Å². The minimum atomic E-state index is -4.01. The number of halogens is 1. The molecule has 8 heteroatoms. The van der Waals surface area contributed by atoms with Crippen LogP contribution in [0.4, 0.5) is 15.8 Å². The Bertz CT molecular complexity index is 1160. The molecular weight excluding hydrogens is 395 g/mol. The van der Waals surface area contributed by atoms with E-state index in [1.807, 2.05) is 0 Å². The van der Waals surface area contributed by atoms with Crippen molar-refractivity contribution in [2.45, 2.75) is 11.8 Å². The Morgan fingerprint density at radius 1 is 1.00 bits per heavy atom. The quantitative estimate of drug-likeness (QED) is 0.633. The van der Waals surface area contributed by atoms with Gasteiger partial charge in [0.25, 0.3) is 15.9 Å². The number of benzene rings is 3. The van der Waals surface area contributed by atoms with Gasteiger partial charge in [-0.05, 0) is 55.0 Å². The van der Waals surface area contributed by atoms with E-state index in [9.17, 15) is 17.6 Å². The molecular formula is C21H19FN2O4S. The molecule has 0 aliphatic heterocycles. The number of nitrogens with one attached hydrogen (secondary N) is 2. The topological polar surface area (TPSA) is 84.5 Å². The van der Waals surface area contributed by atoms with E-state index in [4.69, 9.17) is 4.74 Å². The maximum atomic E-state index is 13.5. The summed E-state index contributed by atoms with van der Waals surface area (Å²) in [7, 11) is -2.49. The second kappa shape index (κ2) is 8.32. The zero-order valence-corrected chi connectivity index (χ0v) is 16.6. The van der Waals surface area contributed by atoms with Crippen LogP contribution >= 0.6 is 0 Å². The van der Waals surface area contributed by atoms with Crippen molar-refractivity contribution in [2.24, 2.45) is 0 Å². The average molecular weight is 414 g/mol. The Hall–Kier alpha value is -3.39. The summed E-state index contributed by atoms with van der Waals surface area (Å²) in [5, 5.41) is 2.71. The van der Waals surface area contributed by atoms with Crippen LogP contribution in [0.1, 0.15) is 15.9 Å². The number of anilines is 2. The molecule has 0 spiro atoms. The molecule has 0 heterocycles. The summed E-state index contributed by atoms with van der Waals surface area (Å²) in [5.41, 5.74) is 0.950. The van der Waals surface area contributed by atoms with E-state index in [1.54, 1.807) is 36.4 Å². The third-order valence-electron chi connectivity index (χ3n) is 4.18. The number of sulfonamides is 1. The van der Waals surface area contributed by atoms with E-state index in [0.29, 0.717) is 11.4 Å². The summed E-state index contributed by atoms with van der Waals surface area (Å²) < 4.78 is 46.4. The van der Waals surface area contributed by atoms with Crippen LogP contribution < -0.4 is 14.8 Å². The number of carbonyl (C=O) groups is 1. The molecule has 0 saturated carbocycles. The van der Waals surface area contributed by atoms with Gasteiger partial charge in [0.2, 0.25) is 0 Å². The molecule has 0 fully saturated rings. The number of amides is 1. The van der Waals surface area contributed by atoms with Crippen LogP contribution in [-0.2, 0) is 10.0 Å². The molecule has 0 aromatic heterocycles. The molecule has 0 bridgehead atoms. The first-order chi connectivity index (χ1) is 13.8. The van der Waals surface area contributed by atoms with E-state index >= 15 is 0 Å². The Balaban J connectivity index is 1.88. The number of hydrogen-bond acceptors (Lipinski definition) is 4. The van der Waals surface area contributed by atoms with Crippen LogP contribution in [0.25, 0.3) is 0 Å². The molecule has 1 amide bonds. The maximum absolute atomic E-state index is 13.5. The van der Waals surface area contributed by atoms with Crippen molar-refractivity contribution in [1.82, 2.24) is 0 Å². The summed E-state index contributed by atoms with van der Waals surface area (Å²) in [6.07, 6.45) is 0. The molecule has 3 aromatic rings.